The van der Waals surface area contributed by atoms with E-state index in [2.05, 4.69) is 0 Å². The van der Waals surface area contributed by atoms with Crippen LogP contribution in [0.25, 0.3) is 5.57 Å². The Labute approximate surface area is 226 Å². The van der Waals surface area contributed by atoms with Gasteiger partial charge in [0.05, 0.1) is 12.5 Å². The van der Waals surface area contributed by atoms with Crippen molar-refractivity contribution in [3.63, 3.8) is 0 Å². The summed E-state index contributed by atoms with van der Waals surface area (Å²) >= 11 is 1.47. The highest BCUT2D eigenvalue weighted by atomic mass is 32.2. The van der Waals surface area contributed by atoms with Crippen LogP contribution in [0.1, 0.15) is 16.7 Å². The Hall–Kier alpha value is -3.48. The highest BCUT2D eigenvalue weighted by molar-refractivity contribution is 7.99. The molecule has 0 heterocycles. The SMILES string of the molecule is Cc1cc(OCC(=O)O)ccc1SCC=C(c1ccccc1OS(C)(=O)=O)c1ccccc1OS(C)(=O)=O. The Kier molecular flexibility index (Phi) is 9.47. The molecule has 12 heteroatoms. The van der Waals surface area contributed by atoms with Crippen LogP contribution >= 0.6 is 11.8 Å². The van der Waals surface area contributed by atoms with Gasteiger partial charge in [0, 0.05) is 21.8 Å². The first kappa shape index (κ1) is 29.1. The van der Waals surface area contributed by atoms with Crippen LogP contribution in [0.15, 0.2) is 77.7 Å². The second-order valence-corrected chi connectivity index (χ2v) is 12.3. The number of aryl methyl sites for hydroxylation is 1. The van der Waals surface area contributed by atoms with Crippen molar-refractivity contribution in [1.82, 2.24) is 0 Å². The zero-order valence-corrected chi connectivity index (χ0v) is 23.2. The molecule has 0 saturated carbocycles. The molecule has 0 aliphatic rings. The van der Waals surface area contributed by atoms with Crippen molar-refractivity contribution < 1.29 is 39.8 Å². The van der Waals surface area contributed by atoms with Crippen LogP contribution in [-0.2, 0) is 25.0 Å². The van der Waals surface area contributed by atoms with Crippen molar-refractivity contribution >= 4 is 43.5 Å². The third-order valence-electron chi connectivity index (χ3n) is 4.87. The first-order valence-corrected chi connectivity index (χ1v) is 15.7. The molecule has 3 rings (SSSR count). The number of hydrogen-bond acceptors (Lipinski definition) is 9. The normalized spacial score (nSPS) is 11.4. The number of hydrogen-bond donors (Lipinski definition) is 1. The van der Waals surface area contributed by atoms with Gasteiger partial charge in [-0.05, 0) is 48.4 Å². The second kappa shape index (κ2) is 12.4. The first-order chi connectivity index (χ1) is 17.8. The van der Waals surface area contributed by atoms with Crippen molar-refractivity contribution in [3.05, 3.63) is 89.5 Å². The number of rotatable bonds is 12. The maximum atomic E-state index is 11.9. The number of benzene rings is 3. The van der Waals surface area contributed by atoms with Crippen molar-refractivity contribution in [3.8, 4) is 17.2 Å². The largest absolute Gasteiger partial charge is 0.482 e. The van der Waals surface area contributed by atoms with E-state index >= 15 is 0 Å². The third-order valence-corrected chi connectivity index (χ3v) is 6.94. The van der Waals surface area contributed by atoms with Gasteiger partial charge in [-0.15, -0.1) is 11.8 Å². The number of carbonyl (C=O) groups is 1. The summed E-state index contributed by atoms with van der Waals surface area (Å²) in [5.41, 5.74) is 2.24. The lowest BCUT2D eigenvalue weighted by Gasteiger charge is -2.16. The zero-order valence-electron chi connectivity index (χ0n) is 20.8. The molecule has 0 amide bonds. The minimum absolute atomic E-state index is 0.0801. The molecule has 0 unspecified atom stereocenters. The maximum absolute atomic E-state index is 11.9. The molecule has 0 atom stereocenters. The molecule has 9 nitrogen and oxygen atoms in total. The number of carboxylic acid groups (broad SMARTS) is 1. The van der Waals surface area contributed by atoms with E-state index in [4.69, 9.17) is 18.2 Å². The van der Waals surface area contributed by atoms with Crippen LogP contribution in [0.3, 0.4) is 0 Å². The molecule has 202 valence electrons. The second-order valence-electron chi connectivity index (χ2n) is 8.11. The van der Waals surface area contributed by atoms with Crippen LogP contribution in [0.5, 0.6) is 17.2 Å². The summed E-state index contributed by atoms with van der Waals surface area (Å²) in [5, 5.41) is 8.80. The average Bonchev–Trinajstić information content (AvgIpc) is 2.81. The molecule has 0 radical (unpaired) electrons. The van der Waals surface area contributed by atoms with Gasteiger partial charge >= 0.3 is 26.2 Å². The van der Waals surface area contributed by atoms with Gasteiger partial charge < -0.3 is 18.2 Å². The van der Waals surface area contributed by atoms with Crippen LogP contribution < -0.4 is 13.1 Å². The summed E-state index contributed by atoms with van der Waals surface area (Å²) in [6, 6.07) is 18.3. The zero-order chi connectivity index (χ0) is 27.9. The molecule has 0 aliphatic carbocycles. The Bertz CT molecular complexity index is 1480. The van der Waals surface area contributed by atoms with E-state index in [9.17, 15) is 21.6 Å². The molecule has 0 aromatic heterocycles. The van der Waals surface area contributed by atoms with Gasteiger partial charge in [-0.2, -0.15) is 16.8 Å². The average molecular weight is 579 g/mol. The third kappa shape index (κ3) is 8.82. The molecule has 3 aromatic rings. The summed E-state index contributed by atoms with van der Waals surface area (Å²) in [6.45, 7) is 1.42. The quantitative estimate of drug-likeness (QED) is 0.244. The van der Waals surface area contributed by atoms with Crippen LogP contribution in [0.2, 0.25) is 0 Å². The molecule has 38 heavy (non-hydrogen) atoms. The van der Waals surface area contributed by atoms with E-state index in [-0.39, 0.29) is 11.5 Å². The molecular weight excluding hydrogens is 552 g/mol. The minimum atomic E-state index is -3.85. The smallest absolute Gasteiger partial charge is 0.341 e. The molecule has 1 N–H and O–H groups in total. The van der Waals surface area contributed by atoms with E-state index in [0.717, 1.165) is 23.0 Å². The number of aliphatic carboxylic acids is 1. The summed E-state index contributed by atoms with van der Waals surface area (Å²) in [5.74, 6) is -0.0670. The monoisotopic (exact) mass is 578 g/mol. The van der Waals surface area contributed by atoms with E-state index in [1.165, 1.54) is 23.9 Å². The molecule has 0 fully saturated rings. The number of thioether (sulfide) groups is 1. The molecule has 3 aromatic carbocycles. The van der Waals surface area contributed by atoms with Gasteiger partial charge in [-0.1, -0.05) is 42.5 Å². The van der Waals surface area contributed by atoms with E-state index in [1.807, 2.05) is 19.1 Å². The Morgan fingerprint density at radius 2 is 1.39 bits per heavy atom. The van der Waals surface area contributed by atoms with Gasteiger partial charge in [0.1, 0.15) is 17.2 Å². The van der Waals surface area contributed by atoms with E-state index < -0.39 is 32.8 Å². The van der Waals surface area contributed by atoms with Gasteiger partial charge in [0.25, 0.3) is 0 Å². The Morgan fingerprint density at radius 1 is 0.868 bits per heavy atom. The fraction of sp³-hybridized carbons (Fsp3) is 0.192. The van der Waals surface area contributed by atoms with E-state index in [1.54, 1.807) is 48.5 Å². The van der Waals surface area contributed by atoms with Crippen LogP contribution in [0, 0.1) is 6.92 Å². The van der Waals surface area contributed by atoms with E-state index in [0.29, 0.717) is 28.2 Å². The van der Waals surface area contributed by atoms with Crippen LogP contribution in [0.4, 0.5) is 0 Å². The Balaban J connectivity index is 2.02. The topological polar surface area (TPSA) is 133 Å². The van der Waals surface area contributed by atoms with Crippen molar-refractivity contribution in [2.45, 2.75) is 11.8 Å². The highest BCUT2D eigenvalue weighted by Crippen LogP contribution is 2.37. The van der Waals surface area contributed by atoms with Gasteiger partial charge in [-0.3, -0.25) is 0 Å². The molecular formula is C26H26O9S3. The maximum Gasteiger partial charge on any atom is 0.341 e. The Morgan fingerprint density at radius 3 is 1.87 bits per heavy atom. The fourth-order valence-corrected chi connectivity index (χ4v) is 5.27. The van der Waals surface area contributed by atoms with Crippen LogP contribution in [-0.4, -0.2) is 52.8 Å². The lowest BCUT2D eigenvalue weighted by atomic mass is 9.96. The molecule has 0 saturated heterocycles. The predicted octanol–water partition coefficient (Wildman–Crippen LogP) is 4.36. The van der Waals surface area contributed by atoms with Gasteiger partial charge in [-0.25, -0.2) is 4.79 Å². The van der Waals surface area contributed by atoms with Crippen molar-refractivity contribution in [2.75, 3.05) is 24.9 Å². The standard InChI is InChI=1S/C26H26O9S3/c1-18-16-19(33-17-26(27)28)12-13-25(18)36-15-14-20(21-8-4-6-10-23(21)34-37(2,29)30)22-9-5-7-11-24(22)35-38(3,31)32/h4-14,16H,15,17H2,1-3H3,(H,27,28). The number of ether oxygens (including phenoxy) is 1. The molecule has 0 bridgehead atoms. The molecule has 0 aliphatic heterocycles. The van der Waals surface area contributed by atoms with Crippen molar-refractivity contribution in [2.24, 2.45) is 0 Å². The fourth-order valence-electron chi connectivity index (χ4n) is 3.45. The lowest BCUT2D eigenvalue weighted by Crippen LogP contribution is -2.09. The summed E-state index contributed by atoms with van der Waals surface area (Å²) < 4.78 is 63.4. The highest BCUT2D eigenvalue weighted by Gasteiger charge is 2.19. The van der Waals surface area contributed by atoms with Gasteiger partial charge in [0.2, 0.25) is 0 Å². The predicted molar refractivity (Wildman–Crippen MR) is 146 cm³/mol. The number of para-hydroxylation sites is 2. The first-order valence-electron chi connectivity index (χ1n) is 11.1. The summed E-state index contributed by atoms with van der Waals surface area (Å²) in [4.78, 5) is 11.7. The minimum Gasteiger partial charge on any atom is -0.482 e. The van der Waals surface area contributed by atoms with Crippen molar-refractivity contribution in [1.29, 1.82) is 0 Å². The molecule has 0 spiro atoms. The lowest BCUT2D eigenvalue weighted by molar-refractivity contribution is -0.139. The summed E-state index contributed by atoms with van der Waals surface area (Å²) in [6.07, 6.45) is 3.71. The summed E-state index contributed by atoms with van der Waals surface area (Å²) in [7, 11) is -7.69. The van der Waals surface area contributed by atoms with Gasteiger partial charge in [0.15, 0.2) is 6.61 Å². The number of carboxylic acids is 1.